The van der Waals surface area contributed by atoms with E-state index in [0.717, 1.165) is 148 Å². The maximum Gasteiger partial charge on any atom is 0.0705 e. The van der Waals surface area contributed by atoms with Gasteiger partial charge in [0.05, 0.1) is 28.3 Å². The standard InChI is InChI=1S/C27H32N4.3C25H31N3/c1-20(27-12-6-7-13-28-27)31(18-25-14-21-8-2-4-10-23(21)16-29-25)19-26-15-22-9-3-5-11-24(22)17-30-26;1-2-3-8-13-28(18-24-14-20-9-4-6-11-22(20)16-26-24)19-25-15-21-10-5-7-12-23(21)17-27-25;1-2-3-8-15-28(18-23-16-21-10-4-5-11-22(21)17-27-23)19-25-24-12-7-6-9-20(24)13-14-26-25;1-2-3-8-15-28(18-23-14-13-20-9-6-7-12-25(20)27-23)19-24-16-21-10-4-5-11-22(21)17-26-24/h2-13,20,25-26,29-30H,14-19H2,1H3;4-7,9-12,14,16,25,27H,2-3,8,13,15,17-19H2,1H3;4-7,9-14,23,27H,2-3,8,15-19H2,1H3;4-7,9-14,24,26H,2-3,8,15-19H2,1H3/t20-,25-,26-;25-;23-;24-/m1111/s1. The Morgan fingerprint density at radius 2 is 0.722 bits per heavy atom. The van der Waals surface area contributed by atoms with Crippen molar-refractivity contribution in [1.82, 2.24) is 66.1 Å². The molecule has 0 bridgehead atoms. The molecule has 4 aromatic heterocycles. The van der Waals surface area contributed by atoms with Crippen LogP contribution in [0.4, 0.5) is 0 Å². The minimum atomic E-state index is 0.277. The van der Waals surface area contributed by atoms with Crippen LogP contribution in [0.3, 0.4) is 0 Å². The zero-order chi connectivity index (χ0) is 78.6. The molecule has 13 nitrogen and oxygen atoms in total. The predicted octanol–water partition coefficient (Wildman–Crippen LogP) is 18.7. The molecule has 13 heteroatoms. The second-order valence-corrected chi connectivity index (χ2v) is 33.0. The molecule has 6 atom stereocenters. The van der Waals surface area contributed by atoms with Gasteiger partial charge < -0.3 is 26.6 Å². The van der Waals surface area contributed by atoms with E-state index in [1.54, 1.807) is 0 Å². The van der Waals surface area contributed by atoms with Gasteiger partial charge in [0.15, 0.2) is 0 Å². The second kappa shape index (κ2) is 43.1. The van der Waals surface area contributed by atoms with Crippen molar-refractivity contribution in [3.05, 3.63) is 334 Å². The molecule has 0 aliphatic carbocycles. The van der Waals surface area contributed by atoms with Gasteiger partial charge in [-0.2, -0.15) is 0 Å². The first kappa shape index (κ1) is 82.3. The molecular formula is C102H125N13. The van der Waals surface area contributed by atoms with Crippen molar-refractivity contribution < 1.29 is 0 Å². The van der Waals surface area contributed by atoms with Crippen LogP contribution in [0.5, 0.6) is 0 Å². The smallest absolute Gasteiger partial charge is 0.0705 e. The predicted molar refractivity (Wildman–Crippen MR) is 478 cm³/mol. The Morgan fingerprint density at radius 3 is 1.18 bits per heavy atom. The molecule has 5 aliphatic rings. The number of fused-ring (bicyclic) bond motifs is 8. The van der Waals surface area contributed by atoms with Gasteiger partial charge >= 0.3 is 0 Å². The number of unbranched alkanes of at least 4 members (excludes halogenated alkanes) is 6. The van der Waals surface area contributed by atoms with E-state index in [1.807, 2.05) is 24.7 Å². The van der Waals surface area contributed by atoms with Gasteiger partial charge in [0.1, 0.15) is 0 Å². The van der Waals surface area contributed by atoms with E-state index < -0.39 is 0 Å². The fraction of sp³-hybridized carbons (Fsp3) is 0.392. The van der Waals surface area contributed by atoms with Crippen LogP contribution in [-0.2, 0) is 84.5 Å². The van der Waals surface area contributed by atoms with Gasteiger partial charge in [0.2, 0.25) is 0 Å². The lowest BCUT2D eigenvalue weighted by molar-refractivity contribution is 0.159. The van der Waals surface area contributed by atoms with Crippen molar-refractivity contribution >= 4 is 32.4 Å². The molecule has 8 aromatic carbocycles. The van der Waals surface area contributed by atoms with Gasteiger partial charge in [0.25, 0.3) is 0 Å². The lowest BCUT2D eigenvalue weighted by Gasteiger charge is -2.38. The van der Waals surface area contributed by atoms with Crippen LogP contribution < -0.4 is 26.6 Å². The largest absolute Gasteiger partial charge is 0.308 e. The minimum absolute atomic E-state index is 0.277. The summed E-state index contributed by atoms with van der Waals surface area (Å²) in [6.07, 6.45) is 22.8. The Morgan fingerprint density at radius 1 is 0.330 bits per heavy atom. The van der Waals surface area contributed by atoms with E-state index in [9.17, 15) is 0 Å². The normalized spacial score (nSPS) is 17.8. The first-order valence-electron chi connectivity index (χ1n) is 43.6. The van der Waals surface area contributed by atoms with E-state index in [2.05, 4.69) is 309 Å². The molecule has 5 N–H and O–H groups in total. The SMILES string of the molecule is CCCCCN(Cc1cc2ccccc2cn1)C[C@H]1Cc2ccccc2CN1.CCCCCN(Cc1ccc2ccccc2n1)C[C@H]1Cc2ccccc2CN1.CCCCCN(Cc1nccc2ccccc12)C[C@H]1Cc2ccccc2CN1.C[C@H](c1ccccn1)N(C[C@H]1Cc2ccccc2CN1)C[C@H]1Cc2ccccc2CN1. The fourth-order valence-corrected chi connectivity index (χ4v) is 17.8. The molecule has 0 saturated heterocycles. The number of hydrogen-bond acceptors (Lipinski definition) is 13. The van der Waals surface area contributed by atoms with Crippen LogP contribution in [0.15, 0.2) is 255 Å². The zero-order valence-corrected chi connectivity index (χ0v) is 69.0. The summed E-state index contributed by atoms with van der Waals surface area (Å²) in [6.45, 7) is 25.4. The fourth-order valence-electron chi connectivity index (χ4n) is 17.8. The van der Waals surface area contributed by atoms with Crippen LogP contribution >= 0.6 is 0 Å². The van der Waals surface area contributed by atoms with Crippen molar-refractivity contribution in [3.8, 4) is 0 Å². The molecule has 12 aromatic rings. The highest BCUT2D eigenvalue weighted by atomic mass is 15.2. The summed E-state index contributed by atoms with van der Waals surface area (Å²) in [5.74, 6) is 0. The first-order chi connectivity index (χ1) is 56.7. The van der Waals surface area contributed by atoms with Crippen LogP contribution in [0.1, 0.15) is 170 Å². The topological polar surface area (TPSA) is 125 Å². The van der Waals surface area contributed by atoms with Crippen LogP contribution in [-0.4, -0.2) is 122 Å². The van der Waals surface area contributed by atoms with Gasteiger partial charge in [-0.1, -0.05) is 259 Å². The summed E-state index contributed by atoms with van der Waals surface area (Å²) >= 11 is 0. The number of rotatable bonds is 30. The van der Waals surface area contributed by atoms with Gasteiger partial charge in [0, 0.05) is 156 Å². The van der Waals surface area contributed by atoms with Gasteiger partial charge in [-0.05, 0) is 181 Å². The summed E-state index contributed by atoms with van der Waals surface area (Å²) in [7, 11) is 0. The quantitative estimate of drug-likeness (QED) is 0.0275. The molecule has 0 fully saturated rings. The summed E-state index contributed by atoms with van der Waals surface area (Å²) in [6, 6.07) is 87.5. The van der Waals surface area contributed by atoms with Crippen molar-refractivity contribution in [2.75, 3.05) is 52.4 Å². The highest BCUT2D eigenvalue weighted by molar-refractivity contribution is 5.84. The summed E-state index contributed by atoms with van der Waals surface area (Å²) in [4.78, 5) is 29.5. The molecule has 0 unspecified atom stereocenters. The van der Waals surface area contributed by atoms with Crippen LogP contribution in [0.2, 0.25) is 0 Å². The Labute approximate surface area is 686 Å². The molecule has 0 saturated carbocycles. The number of nitrogens with zero attached hydrogens (tertiary/aromatic N) is 8. The van der Waals surface area contributed by atoms with Crippen molar-refractivity contribution in [2.45, 2.75) is 206 Å². The molecule has 0 radical (unpaired) electrons. The number of para-hydroxylation sites is 1. The third kappa shape index (κ3) is 24.0. The average molecular weight is 1530 g/mol. The third-order valence-electron chi connectivity index (χ3n) is 24.3. The Hall–Kier alpha value is -9.22. The molecule has 0 spiro atoms. The van der Waals surface area contributed by atoms with Crippen molar-refractivity contribution in [2.24, 2.45) is 0 Å². The molecule has 0 amide bonds. The second-order valence-electron chi connectivity index (χ2n) is 33.0. The zero-order valence-electron chi connectivity index (χ0n) is 69.0. The van der Waals surface area contributed by atoms with E-state index in [4.69, 9.17) is 15.0 Å². The summed E-state index contributed by atoms with van der Waals surface area (Å²) in [5.41, 5.74) is 20.5. The maximum absolute atomic E-state index is 4.91. The molecule has 115 heavy (non-hydrogen) atoms. The highest BCUT2D eigenvalue weighted by Crippen LogP contribution is 2.28. The van der Waals surface area contributed by atoms with E-state index >= 15 is 0 Å². The van der Waals surface area contributed by atoms with Crippen LogP contribution in [0.25, 0.3) is 32.4 Å². The van der Waals surface area contributed by atoms with Gasteiger partial charge in [-0.25, -0.2) is 0 Å². The van der Waals surface area contributed by atoms with E-state index in [-0.39, 0.29) is 6.04 Å². The maximum atomic E-state index is 4.91. The van der Waals surface area contributed by atoms with Crippen molar-refractivity contribution in [1.29, 1.82) is 0 Å². The lowest BCUT2D eigenvalue weighted by Crippen LogP contribution is -2.50. The number of aromatic nitrogens is 4. The van der Waals surface area contributed by atoms with Crippen LogP contribution in [0, 0.1) is 0 Å². The molecule has 17 rings (SSSR count). The number of pyridine rings is 4. The third-order valence-corrected chi connectivity index (χ3v) is 24.3. The van der Waals surface area contributed by atoms with Gasteiger partial charge in [-0.3, -0.25) is 39.5 Å². The molecular weight excluding hydrogens is 1410 g/mol. The number of hydrogen-bond donors (Lipinski definition) is 5. The first-order valence-corrected chi connectivity index (χ1v) is 43.6. The van der Waals surface area contributed by atoms with Gasteiger partial charge in [-0.15, -0.1) is 0 Å². The number of benzene rings is 8. The molecule has 9 heterocycles. The summed E-state index contributed by atoms with van der Waals surface area (Å²) in [5, 5.41) is 25.1. The number of nitrogens with one attached hydrogen (secondary N) is 5. The van der Waals surface area contributed by atoms with Crippen molar-refractivity contribution in [3.63, 3.8) is 0 Å². The Bertz CT molecular complexity index is 4730. The average Bonchev–Trinajstić information content (AvgIpc) is 0.831. The highest BCUT2D eigenvalue weighted by Gasteiger charge is 2.30. The molecule has 598 valence electrons. The Balaban J connectivity index is 0.000000127. The Kier molecular flexibility index (Phi) is 30.9. The lowest BCUT2D eigenvalue weighted by atomic mass is 9.93. The monoisotopic (exact) mass is 1530 g/mol. The van der Waals surface area contributed by atoms with E-state index in [1.165, 1.54) is 157 Å². The summed E-state index contributed by atoms with van der Waals surface area (Å²) < 4.78 is 0. The van der Waals surface area contributed by atoms with E-state index in [0.29, 0.717) is 30.2 Å². The minimum Gasteiger partial charge on any atom is -0.308 e. The molecule has 5 aliphatic heterocycles.